The number of aromatic nitrogens is 2. The van der Waals surface area contributed by atoms with Gasteiger partial charge in [0.1, 0.15) is 0 Å². The molecule has 1 aromatic heterocycles. The smallest absolute Gasteiger partial charge is 0.159 e. The Bertz CT molecular complexity index is 2170. The molecule has 1 atom stereocenters. The molecule has 2 nitrogen and oxygen atoms in total. The third-order valence-corrected chi connectivity index (χ3v) is 9.18. The van der Waals surface area contributed by atoms with E-state index in [0.29, 0.717) is 0 Å². The molecule has 6 aromatic carbocycles. The zero-order valence-corrected chi connectivity index (χ0v) is 23.4. The molecule has 2 heteroatoms. The van der Waals surface area contributed by atoms with Crippen molar-refractivity contribution in [2.75, 3.05) is 0 Å². The van der Waals surface area contributed by atoms with Crippen molar-refractivity contribution < 1.29 is 0 Å². The monoisotopic (exact) mass is 546 g/mol. The van der Waals surface area contributed by atoms with E-state index in [9.17, 15) is 0 Å². The third kappa shape index (κ3) is 3.41. The van der Waals surface area contributed by atoms with Crippen LogP contribution in [-0.4, -0.2) is 9.97 Å². The molecular weight excluding hydrogens is 520 g/mol. The standard InChI is InChI=1S/C41H26N2/c1-3-11-27(12-4-1)28-19-21-29(22-20-28)31-23-24-33-32-15-7-9-17-35(32)41(37(33)25-31)36-18-10-8-16-34(36)39-38(41)26-42-40(43-39)30-13-5-2-6-14-30/h1-26H. The summed E-state index contributed by atoms with van der Waals surface area (Å²) in [5.74, 6) is 0.755. The fourth-order valence-corrected chi connectivity index (χ4v) is 7.27. The average molecular weight is 547 g/mol. The molecule has 0 saturated carbocycles. The maximum Gasteiger partial charge on any atom is 0.159 e. The van der Waals surface area contributed by atoms with Crippen molar-refractivity contribution in [2.45, 2.75) is 5.41 Å². The lowest BCUT2D eigenvalue weighted by atomic mass is 9.71. The molecule has 0 saturated heterocycles. The van der Waals surface area contributed by atoms with Crippen molar-refractivity contribution in [3.63, 3.8) is 0 Å². The zero-order valence-electron chi connectivity index (χ0n) is 23.4. The first-order chi connectivity index (χ1) is 21.3. The molecule has 1 heterocycles. The second kappa shape index (κ2) is 9.20. The van der Waals surface area contributed by atoms with Gasteiger partial charge in [0.2, 0.25) is 0 Å². The molecule has 0 amide bonds. The van der Waals surface area contributed by atoms with Gasteiger partial charge in [-0.3, -0.25) is 0 Å². The van der Waals surface area contributed by atoms with Gasteiger partial charge in [0, 0.05) is 22.9 Å². The van der Waals surface area contributed by atoms with Gasteiger partial charge in [-0.15, -0.1) is 0 Å². The number of benzene rings is 6. The summed E-state index contributed by atoms with van der Waals surface area (Å²) in [4.78, 5) is 10.2. The molecule has 0 aliphatic heterocycles. The number of hydrogen-bond donors (Lipinski definition) is 0. The van der Waals surface area contributed by atoms with Crippen molar-refractivity contribution in [3.8, 4) is 56.0 Å². The molecule has 9 rings (SSSR count). The maximum atomic E-state index is 5.24. The number of nitrogens with zero attached hydrogens (tertiary/aromatic N) is 2. The first kappa shape index (κ1) is 24.0. The summed E-state index contributed by atoms with van der Waals surface area (Å²) in [6.45, 7) is 0. The van der Waals surface area contributed by atoms with Crippen molar-refractivity contribution >= 4 is 0 Å². The zero-order chi connectivity index (χ0) is 28.4. The Labute approximate surface area is 251 Å². The minimum absolute atomic E-state index is 0.479. The topological polar surface area (TPSA) is 25.8 Å². The Morgan fingerprint density at radius 3 is 1.60 bits per heavy atom. The largest absolute Gasteiger partial charge is 0.236 e. The quantitative estimate of drug-likeness (QED) is 0.220. The van der Waals surface area contributed by atoms with Gasteiger partial charge in [0.05, 0.1) is 11.1 Å². The third-order valence-electron chi connectivity index (χ3n) is 9.18. The van der Waals surface area contributed by atoms with E-state index in [2.05, 4.69) is 140 Å². The van der Waals surface area contributed by atoms with Crippen LogP contribution in [0.3, 0.4) is 0 Å². The van der Waals surface area contributed by atoms with Crippen LogP contribution in [0.1, 0.15) is 22.3 Å². The molecule has 43 heavy (non-hydrogen) atoms. The van der Waals surface area contributed by atoms with E-state index in [-0.39, 0.29) is 0 Å². The van der Waals surface area contributed by atoms with E-state index in [4.69, 9.17) is 9.97 Å². The SMILES string of the molecule is c1ccc(-c2ccc(-c3ccc4c(c3)C3(c5ccccc5-4)c4ccccc4-c4nc(-c5ccccc5)ncc43)cc2)cc1. The van der Waals surface area contributed by atoms with Gasteiger partial charge < -0.3 is 0 Å². The number of hydrogen-bond acceptors (Lipinski definition) is 2. The summed E-state index contributed by atoms with van der Waals surface area (Å²) in [5, 5.41) is 0. The summed E-state index contributed by atoms with van der Waals surface area (Å²) in [5.41, 5.74) is 15.2. The number of fused-ring (bicyclic) bond motifs is 10. The minimum Gasteiger partial charge on any atom is -0.236 e. The fourth-order valence-electron chi connectivity index (χ4n) is 7.27. The van der Waals surface area contributed by atoms with Crippen molar-refractivity contribution in [2.24, 2.45) is 0 Å². The fraction of sp³-hybridized carbons (Fsp3) is 0.0244. The molecule has 1 unspecified atom stereocenters. The van der Waals surface area contributed by atoms with Gasteiger partial charge in [-0.1, -0.05) is 146 Å². The summed E-state index contributed by atoms with van der Waals surface area (Å²) in [6, 6.07) is 54.4. The van der Waals surface area contributed by atoms with E-state index in [1.165, 1.54) is 55.6 Å². The van der Waals surface area contributed by atoms with Crippen molar-refractivity contribution in [1.29, 1.82) is 0 Å². The highest BCUT2D eigenvalue weighted by atomic mass is 14.9. The van der Waals surface area contributed by atoms with Crippen LogP contribution in [0.4, 0.5) is 0 Å². The Hall–Kier alpha value is -5.60. The van der Waals surface area contributed by atoms with Crippen LogP contribution in [0.25, 0.3) is 56.0 Å². The lowest BCUT2D eigenvalue weighted by Gasteiger charge is -2.30. The van der Waals surface area contributed by atoms with Gasteiger partial charge in [-0.2, -0.15) is 0 Å². The van der Waals surface area contributed by atoms with E-state index in [1.807, 2.05) is 18.2 Å². The molecule has 0 fully saturated rings. The van der Waals surface area contributed by atoms with Crippen molar-refractivity contribution in [1.82, 2.24) is 9.97 Å². The second-order valence-electron chi connectivity index (χ2n) is 11.4. The lowest BCUT2D eigenvalue weighted by molar-refractivity contribution is 0.785. The van der Waals surface area contributed by atoms with Crippen molar-refractivity contribution in [3.05, 3.63) is 180 Å². The van der Waals surface area contributed by atoms with Gasteiger partial charge in [0.25, 0.3) is 0 Å². The summed E-state index contributed by atoms with van der Waals surface area (Å²) in [6.07, 6.45) is 2.08. The molecule has 1 spiro atoms. The molecule has 0 N–H and O–H groups in total. The van der Waals surface area contributed by atoms with Crippen LogP contribution in [0.15, 0.2) is 158 Å². The highest BCUT2D eigenvalue weighted by Gasteiger charge is 2.52. The summed E-state index contributed by atoms with van der Waals surface area (Å²) >= 11 is 0. The van der Waals surface area contributed by atoms with Crippen LogP contribution < -0.4 is 0 Å². The molecule has 0 bridgehead atoms. The van der Waals surface area contributed by atoms with E-state index in [0.717, 1.165) is 22.6 Å². The van der Waals surface area contributed by atoms with Crippen LogP contribution in [0.2, 0.25) is 0 Å². The van der Waals surface area contributed by atoms with E-state index in [1.54, 1.807) is 0 Å². The predicted molar refractivity (Wildman–Crippen MR) is 175 cm³/mol. The number of rotatable bonds is 3. The molecule has 2 aliphatic rings. The Morgan fingerprint density at radius 1 is 0.372 bits per heavy atom. The Balaban J connectivity index is 1.27. The first-order valence-corrected chi connectivity index (χ1v) is 14.8. The summed E-state index contributed by atoms with van der Waals surface area (Å²) < 4.78 is 0. The highest BCUT2D eigenvalue weighted by Crippen LogP contribution is 2.62. The molecule has 2 aliphatic carbocycles. The van der Waals surface area contributed by atoms with E-state index >= 15 is 0 Å². The normalized spacial score (nSPS) is 15.5. The van der Waals surface area contributed by atoms with Gasteiger partial charge in [-0.05, 0) is 56.1 Å². The van der Waals surface area contributed by atoms with Crippen LogP contribution in [-0.2, 0) is 5.41 Å². The van der Waals surface area contributed by atoms with Crippen LogP contribution >= 0.6 is 0 Å². The maximum absolute atomic E-state index is 5.24. The highest BCUT2D eigenvalue weighted by molar-refractivity contribution is 5.95. The van der Waals surface area contributed by atoms with Gasteiger partial charge in [0.15, 0.2) is 5.82 Å². The Morgan fingerprint density at radius 2 is 0.884 bits per heavy atom. The molecule has 0 radical (unpaired) electrons. The Kier molecular flexibility index (Phi) is 5.15. The van der Waals surface area contributed by atoms with Gasteiger partial charge in [-0.25, -0.2) is 9.97 Å². The predicted octanol–water partition coefficient (Wildman–Crippen LogP) is 9.82. The van der Waals surface area contributed by atoms with Crippen LogP contribution in [0.5, 0.6) is 0 Å². The second-order valence-corrected chi connectivity index (χ2v) is 11.4. The molecule has 7 aromatic rings. The average Bonchev–Trinajstić information content (AvgIpc) is 3.56. The first-order valence-electron chi connectivity index (χ1n) is 14.8. The van der Waals surface area contributed by atoms with Gasteiger partial charge >= 0.3 is 0 Å². The van der Waals surface area contributed by atoms with Crippen LogP contribution in [0, 0.1) is 0 Å². The summed E-state index contributed by atoms with van der Waals surface area (Å²) in [7, 11) is 0. The lowest BCUT2D eigenvalue weighted by Crippen LogP contribution is -2.26. The van der Waals surface area contributed by atoms with E-state index < -0.39 is 5.41 Å². The molecular formula is C41H26N2. The molecule has 200 valence electrons. The minimum atomic E-state index is -0.479.